The van der Waals surface area contributed by atoms with E-state index in [2.05, 4.69) is 38.1 Å². The molecule has 0 saturated carbocycles. The van der Waals surface area contributed by atoms with Gasteiger partial charge in [0.1, 0.15) is 0 Å². The summed E-state index contributed by atoms with van der Waals surface area (Å²) < 4.78 is 144. The lowest BCUT2D eigenvalue weighted by Crippen LogP contribution is -2.14. The monoisotopic (exact) mass is 695 g/mol. The summed E-state index contributed by atoms with van der Waals surface area (Å²) >= 11 is 0. The summed E-state index contributed by atoms with van der Waals surface area (Å²) in [6.45, 7) is 4.36. The third kappa shape index (κ3) is 4.34. The molecule has 0 N–H and O–H groups in total. The second-order valence-corrected chi connectivity index (χ2v) is 13.3. The molecule has 0 saturated heterocycles. The molecule has 53 heavy (non-hydrogen) atoms. The van der Waals surface area contributed by atoms with E-state index in [0.29, 0.717) is 5.56 Å². The van der Waals surface area contributed by atoms with Gasteiger partial charge < -0.3 is 0 Å². The van der Waals surface area contributed by atoms with Crippen molar-refractivity contribution in [1.82, 2.24) is 24.1 Å². The molecule has 0 radical (unpaired) electrons. The SMILES string of the molecule is [2H]c1c([2H])c([2H])c2c(c1[2H])c1c([2H])c([2H])c([2H])c([2H])c1n2-c1nc(-c2ccc(-c3ccc4c(c3)C(C)(C)c3ccccc3-4)cc2)nc(-n2c3c([2H])c([2H])c([2H])c([2H])c3c3c([2H])c([2H])c([2H])c([2H])c32)n1. The topological polar surface area (TPSA) is 48.5 Å². The zero-order valence-corrected chi connectivity index (χ0v) is 28.1. The molecule has 11 rings (SSSR count). The number of para-hydroxylation sites is 4. The van der Waals surface area contributed by atoms with E-state index in [9.17, 15) is 0 Å². The van der Waals surface area contributed by atoms with Gasteiger partial charge in [-0.1, -0.05) is 147 Å². The van der Waals surface area contributed by atoms with Crippen LogP contribution in [0.1, 0.15) is 46.9 Å². The van der Waals surface area contributed by atoms with Gasteiger partial charge in [-0.25, -0.2) is 0 Å². The highest BCUT2D eigenvalue weighted by Crippen LogP contribution is 2.49. The van der Waals surface area contributed by atoms with E-state index in [1.54, 1.807) is 12.1 Å². The Morgan fingerprint density at radius 1 is 0.453 bits per heavy atom. The Hall–Kier alpha value is -6.85. The normalized spacial score (nSPS) is 17.5. The van der Waals surface area contributed by atoms with Crippen LogP contribution in [0.3, 0.4) is 0 Å². The van der Waals surface area contributed by atoms with Crippen LogP contribution in [0, 0.1) is 0 Å². The van der Waals surface area contributed by atoms with E-state index in [1.165, 1.54) is 11.1 Å². The molecule has 1 aliphatic carbocycles. The Morgan fingerprint density at radius 2 is 0.887 bits per heavy atom. The standard InChI is InChI=1S/C48H33N5/c1-48(2)39-18-8-3-13-33(39)34-28-27-32(29-40(34)48)30-23-25-31(26-24-30)45-49-46(52-41-19-9-4-14-35(41)36-15-5-10-20-42(36)52)51-47(50-45)53-43-21-11-6-16-37(43)38-17-7-12-22-44(38)53/h3-29H,1-2H3/i4D,5D,6D,7D,9D,10D,11D,12D,14D,15D,16D,17D,19D,20D,21D,22D. The van der Waals surface area contributed by atoms with Crippen molar-refractivity contribution < 1.29 is 21.9 Å². The zero-order chi connectivity index (χ0) is 49.2. The lowest BCUT2D eigenvalue weighted by molar-refractivity contribution is 0.660. The summed E-state index contributed by atoms with van der Waals surface area (Å²) in [7, 11) is 0. The van der Waals surface area contributed by atoms with Gasteiger partial charge in [0.25, 0.3) is 0 Å². The third-order valence-electron chi connectivity index (χ3n) is 10.1. The van der Waals surface area contributed by atoms with Gasteiger partial charge >= 0.3 is 0 Å². The Morgan fingerprint density at radius 3 is 1.42 bits per heavy atom. The van der Waals surface area contributed by atoms with Crippen LogP contribution in [-0.4, -0.2) is 24.1 Å². The van der Waals surface area contributed by atoms with Gasteiger partial charge in [-0.05, 0) is 63.6 Å². The molecule has 7 aromatic carbocycles. The van der Waals surface area contributed by atoms with Gasteiger partial charge in [-0.2, -0.15) is 15.0 Å². The lowest BCUT2D eigenvalue weighted by Gasteiger charge is -2.22. The molecule has 5 heteroatoms. The molecule has 0 unspecified atom stereocenters. The molecule has 0 atom stereocenters. The molecule has 0 bridgehead atoms. The summed E-state index contributed by atoms with van der Waals surface area (Å²) in [6, 6.07) is 11.4. The number of benzene rings is 7. The summed E-state index contributed by atoms with van der Waals surface area (Å²) in [4.78, 5) is 14.4. The predicted molar refractivity (Wildman–Crippen MR) is 217 cm³/mol. The number of aromatic nitrogens is 5. The van der Waals surface area contributed by atoms with Gasteiger partial charge in [0.05, 0.1) is 44.0 Å². The van der Waals surface area contributed by atoms with Crippen molar-refractivity contribution in [3.8, 4) is 45.5 Å². The van der Waals surface area contributed by atoms with Gasteiger partial charge in [-0.15, -0.1) is 0 Å². The second kappa shape index (κ2) is 11.1. The van der Waals surface area contributed by atoms with Crippen molar-refractivity contribution in [2.24, 2.45) is 0 Å². The number of hydrogen-bond donors (Lipinski definition) is 0. The smallest absolute Gasteiger partial charge is 0.240 e. The number of rotatable bonds is 4. The largest absolute Gasteiger partial charge is 0.278 e. The minimum atomic E-state index is -0.690. The maximum atomic E-state index is 9.16. The highest BCUT2D eigenvalue weighted by molar-refractivity contribution is 6.10. The number of hydrogen-bond acceptors (Lipinski definition) is 3. The highest BCUT2D eigenvalue weighted by atomic mass is 15.3. The molecule has 1 aliphatic rings. The van der Waals surface area contributed by atoms with Crippen molar-refractivity contribution in [3.05, 3.63) is 175 Å². The minimum Gasteiger partial charge on any atom is -0.278 e. The maximum Gasteiger partial charge on any atom is 0.240 e. The molecule has 0 spiro atoms. The fourth-order valence-electron chi connectivity index (χ4n) is 7.62. The van der Waals surface area contributed by atoms with Crippen LogP contribution in [-0.2, 0) is 5.41 Å². The summed E-state index contributed by atoms with van der Waals surface area (Å²) in [5.74, 6) is -1.03. The Labute approximate surface area is 329 Å². The first kappa shape index (κ1) is 18.1. The molecular weight excluding hydrogens is 647 g/mol. The second-order valence-electron chi connectivity index (χ2n) is 13.3. The van der Waals surface area contributed by atoms with E-state index in [0.717, 1.165) is 31.4 Å². The van der Waals surface area contributed by atoms with Crippen LogP contribution >= 0.6 is 0 Å². The van der Waals surface area contributed by atoms with E-state index in [-0.39, 0.29) is 54.9 Å². The first-order valence-electron chi connectivity index (χ1n) is 24.8. The van der Waals surface area contributed by atoms with Gasteiger partial charge in [-0.3, -0.25) is 9.13 Å². The van der Waals surface area contributed by atoms with E-state index < -0.39 is 109 Å². The van der Waals surface area contributed by atoms with Crippen LogP contribution in [0.5, 0.6) is 0 Å². The molecule has 250 valence electrons. The summed E-state index contributed by atoms with van der Waals surface area (Å²) in [5.41, 5.74) is 5.25. The van der Waals surface area contributed by atoms with Crippen LogP contribution in [0.4, 0.5) is 0 Å². The average molecular weight is 696 g/mol. The van der Waals surface area contributed by atoms with Crippen molar-refractivity contribution in [2.45, 2.75) is 19.3 Å². The highest BCUT2D eigenvalue weighted by Gasteiger charge is 2.35. The van der Waals surface area contributed by atoms with Gasteiger partial charge in [0.15, 0.2) is 5.82 Å². The average Bonchev–Trinajstić information content (AvgIpc) is 3.98. The van der Waals surface area contributed by atoms with E-state index in [1.807, 2.05) is 30.3 Å². The molecule has 0 aliphatic heterocycles. The van der Waals surface area contributed by atoms with Crippen LogP contribution in [0.2, 0.25) is 0 Å². The fourth-order valence-corrected chi connectivity index (χ4v) is 7.62. The number of nitrogens with zero attached hydrogens (tertiary/aromatic N) is 5. The summed E-state index contributed by atoms with van der Waals surface area (Å²) in [6.07, 6.45) is 0. The third-order valence-corrected chi connectivity index (χ3v) is 10.1. The fraction of sp³-hybridized carbons (Fsp3) is 0.0625. The van der Waals surface area contributed by atoms with Crippen LogP contribution in [0.25, 0.3) is 89.2 Å². The molecule has 3 heterocycles. The zero-order valence-electron chi connectivity index (χ0n) is 44.1. The van der Waals surface area contributed by atoms with Crippen molar-refractivity contribution >= 4 is 43.6 Å². The lowest BCUT2D eigenvalue weighted by atomic mass is 9.81. The van der Waals surface area contributed by atoms with Crippen LogP contribution < -0.4 is 0 Å². The Balaban J connectivity index is 1.25. The maximum absolute atomic E-state index is 9.16. The van der Waals surface area contributed by atoms with E-state index >= 15 is 0 Å². The van der Waals surface area contributed by atoms with Crippen LogP contribution in [0.15, 0.2) is 163 Å². The molecule has 3 aromatic heterocycles. The molecule has 5 nitrogen and oxygen atoms in total. The Kier molecular flexibility index (Phi) is 3.78. The molecule has 0 amide bonds. The quantitative estimate of drug-likeness (QED) is 0.184. The number of fused-ring (bicyclic) bond motifs is 9. The van der Waals surface area contributed by atoms with Gasteiger partial charge in [0.2, 0.25) is 11.9 Å². The van der Waals surface area contributed by atoms with E-state index in [4.69, 9.17) is 36.9 Å². The minimum absolute atomic E-state index is 0.125. The first-order chi connectivity index (χ1) is 32.7. The van der Waals surface area contributed by atoms with Crippen molar-refractivity contribution in [3.63, 3.8) is 0 Å². The molecule has 10 aromatic rings. The van der Waals surface area contributed by atoms with Crippen molar-refractivity contribution in [2.75, 3.05) is 0 Å². The molecule has 0 fully saturated rings. The summed E-state index contributed by atoms with van der Waals surface area (Å²) in [5, 5.41) is -1.01. The first-order valence-corrected chi connectivity index (χ1v) is 16.8. The molecular formula is C48H33N5. The predicted octanol–water partition coefficient (Wildman–Crippen LogP) is 11.7. The van der Waals surface area contributed by atoms with Gasteiger partial charge in [0, 0.05) is 32.5 Å². The Bertz CT molecular complexity index is 3680. The van der Waals surface area contributed by atoms with Crippen molar-refractivity contribution in [1.29, 1.82) is 0 Å².